The van der Waals surface area contributed by atoms with Gasteiger partial charge in [0.2, 0.25) is 0 Å². The van der Waals surface area contributed by atoms with Crippen LogP contribution in [0.2, 0.25) is 0 Å². The highest BCUT2D eigenvalue weighted by Crippen LogP contribution is 2.35. The fourth-order valence-corrected chi connectivity index (χ4v) is 7.25. The van der Waals surface area contributed by atoms with Gasteiger partial charge in [-0.1, -0.05) is 35.6 Å². The number of nitrogens with zero attached hydrogens (tertiary/aromatic N) is 3. The average Bonchev–Trinajstić information content (AvgIpc) is 3.69. The standard InChI is InChI=1S/C29H25N3O4S2/c1-19-9-14-26-27(20(19)2)30-29(37-26)31(18-23-7-5-17-36-23)28(33)22-10-12-24(13-11-22)38(34,35)32-16-15-21-6-3-4-8-25(21)32/h3-14,17H,15-16,18H2,1-2H3. The van der Waals surface area contributed by atoms with Crippen molar-refractivity contribution in [3.05, 3.63) is 107 Å². The third-order valence-corrected chi connectivity index (χ3v) is 9.85. The number of carbonyl (C=O) groups is 1. The number of para-hydroxylation sites is 1. The van der Waals surface area contributed by atoms with E-state index < -0.39 is 10.0 Å². The predicted octanol–water partition coefficient (Wildman–Crippen LogP) is 6.10. The first-order valence-corrected chi connectivity index (χ1v) is 14.5. The van der Waals surface area contributed by atoms with Crippen molar-refractivity contribution in [3.63, 3.8) is 0 Å². The highest BCUT2D eigenvalue weighted by Gasteiger charge is 2.31. The van der Waals surface area contributed by atoms with Gasteiger partial charge in [-0.2, -0.15) is 0 Å². The monoisotopic (exact) mass is 543 g/mol. The second kappa shape index (κ2) is 9.41. The van der Waals surface area contributed by atoms with Gasteiger partial charge >= 0.3 is 0 Å². The molecule has 0 bridgehead atoms. The second-order valence-electron chi connectivity index (χ2n) is 9.30. The number of aromatic nitrogens is 1. The Morgan fingerprint density at radius 3 is 2.58 bits per heavy atom. The number of thiazole rings is 1. The highest BCUT2D eigenvalue weighted by molar-refractivity contribution is 7.92. The summed E-state index contributed by atoms with van der Waals surface area (Å²) >= 11 is 1.44. The van der Waals surface area contributed by atoms with E-state index in [1.54, 1.807) is 29.4 Å². The molecule has 6 rings (SSSR count). The summed E-state index contributed by atoms with van der Waals surface area (Å²) in [7, 11) is -3.75. The Morgan fingerprint density at radius 2 is 1.82 bits per heavy atom. The largest absolute Gasteiger partial charge is 0.467 e. The Balaban J connectivity index is 1.33. The smallest absolute Gasteiger partial charge is 0.264 e. The van der Waals surface area contributed by atoms with E-state index >= 15 is 0 Å². The lowest BCUT2D eigenvalue weighted by atomic mass is 10.1. The number of aryl methyl sites for hydroxylation is 2. The molecule has 0 fully saturated rings. The van der Waals surface area contributed by atoms with E-state index in [2.05, 4.69) is 6.07 Å². The van der Waals surface area contributed by atoms with Crippen LogP contribution in [0.25, 0.3) is 10.2 Å². The summed E-state index contributed by atoms with van der Waals surface area (Å²) in [6, 6.07) is 21.3. The first-order valence-electron chi connectivity index (χ1n) is 12.2. The van der Waals surface area contributed by atoms with Crippen molar-refractivity contribution in [1.82, 2.24) is 4.98 Å². The summed E-state index contributed by atoms with van der Waals surface area (Å²) in [5.74, 6) is 0.336. The van der Waals surface area contributed by atoms with Crippen LogP contribution >= 0.6 is 11.3 Å². The SMILES string of the molecule is Cc1ccc2sc(N(Cc3ccco3)C(=O)c3ccc(S(=O)(=O)N4CCc5ccccc54)cc3)nc2c1C. The molecule has 3 aromatic carbocycles. The molecule has 38 heavy (non-hydrogen) atoms. The third kappa shape index (κ3) is 4.17. The molecular formula is C29H25N3O4S2. The minimum absolute atomic E-state index is 0.148. The van der Waals surface area contributed by atoms with Crippen LogP contribution < -0.4 is 9.21 Å². The zero-order chi connectivity index (χ0) is 26.4. The summed E-state index contributed by atoms with van der Waals surface area (Å²) in [4.78, 5) is 20.3. The maximum absolute atomic E-state index is 13.8. The Kier molecular flexibility index (Phi) is 6.04. The van der Waals surface area contributed by atoms with Crippen LogP contribution in [0, 0.1) is 13.8 Å². The maximum Gasteiger partial charge on any atom is 0.264 e. The lowest BCUT2D eigenvalue weighted by molar-refractivity contribution is 0.0983. The zero-order valence-electron chi connectivity index (χ0n) is 20.9. The summed E-state index contributed by atoms with van der Waals surface area (Å²) < 4.78 is 34.8. The van der Waals surface area contributed by atoms with Crippen LogP contribution in [0.1, 0.15) is 32.8 Å². The number of anilines is 2. The summed E-state index contributed by atoms with van der Waals surface area (Å²) in [5, 5.41) is 0.556. The number of carbonyl (C=O) groups excluding carboxylic acids is 1. The van der Waals surface area contributed by atoms with Gasteiger partial charge in [0.05, 0.1) is 33.6 Å². The number of rotatable bonds is 6. The minimum atomic E-state index is -3.75. The van der Waals surface area contributed by atoms with Gasteiger partial charge in [-0.25, -0.2) is 13.4 Å². The van der Waals surface area contributed by atoms with Crippen molar-refractivity contribution in [3.8, 4) is 0 Å². The maximum atomic E-state index is 13.8. The molecule has 0 saturated carbocycles. The normalized spacial score (nSPS) is 13.2. The van der Waals surface area contributed by atoms with Crippen LogP contribution in [0.4, 0.5) is 10.8 Å². The van der Waals surface area contributed by atoms with E-state index in [-0.39, 0.29) is 17.3 Å². The Labute approximate surface area is 225 Å². The van der Waals surface area contributed by atoms with Gasteiger partial charge in [-0.15, -0.1) is 0 Å². The molecule has 2 aromatic heterocycles. The van der Waals surface area contributed by atoms with Crippen molar-refractivity contribution in [2.45, 2.75) is 31.7 Å². The van der Waals surface area contributed by atoms with Gasteiger partial charge in [0.25, 0.3) is 15.9 Å². The van der Waals surface area contributed by atoms with E-state index in [1.807, 2.05) is 50.2 Å². The van der Waals surface area contributed by atoms with E-state index in [4.69, 9.17) is 9.40 Å². The number of hydrogen-bond donors (Lipinski definition) is 0. The quantitative estimate of drug-likeness (QED) is 0.258. The summed E-state index contributed by atoms with van der Waals surface area (Å²) in [6.45, 7) is 4.66. The van der Waals surface area contributed by atoms with E-state index in [0.29, 0.717) is 35.1 Å². The average molecular weight is 544 g/mol. The topological polar surface area (TPSA) is 83.7 Å². The molecule has 1 amide bonds. The van der Waals surface area contributed by atoms with Gasteiger partial charge in [0.1, 0.15) is 5.76 Å². The summed E-state index contributed by atoms with van der Waals surface area (Å²) in [6.07, 6.45) is 2.24. The molecule has 0 saturated heterocycles. The Bertz CT molecular complexity index is 1760. The van der Waals surface area contributed by atoms with Crippen molar-refractivity contribution in [2.75, 3.05) is 15.7 Å². The van der Waals surface area contributed by atoms with E-state index in [1.165, 1.54) is 27.8 Å². The third-order valence-electron chi connectivity index (χ3n) is 6.98. The van der Waals surface area contributed by atoms with Crippen molar-refractivity contribution >= 4 is 48.3 Å². The lowest BCUT2D eigenvalue weighted by Crippen LogP contribution is -2.31. The van der Waals surface area contributed by atoms with Gasteiger partial charge < -0.3 is 4.42 Å². The second-order valence-corrected chi connectivity index (χ2v) is 12.2. The first kappa shape index (κ1) is 24.4. The van der Waals surface area contributed by atoms with Crippen molar-refractivity contribution in [2.24, 2.45) is 0 Å². The van der Waals surface area contributed by atoms with Crippen LogP contribution in [0.15, 0.2) is 88.4 Å². The van der Waals surface area contributed by atoms with Crippen LogP contribution in [-0.4, -0.2) is 25.9 Å². The van der Waals surface area contributed by atoms with Crippen LogP contribution in [0.3, 0.4) is 0 Å². The molecule has 192 valence electrons. The van der Waals surface area contributed by atoms with Gasteiger partial charge in [0.15, 0.2) is 5.13 Å². The fourth-order valence-electron chi connectivity index (χ4n) is 4.72. The number of benzene rings is 3. The molecule has 0 spiro atoms. The molecule has 9 heteroatoms. The zero-order valence-corrected chi connectivity index (χ0v) is 22.6. The number of furan rings is 1. The lowest BCUT2D eigenvalue weighted by Gasteiger charge is -2.21. The van der Waals surface area contributed by atoms with Crippen LogP contribution in [0.5, 0.6) is 0 Å². The van der Waals surface area contributed by atoms with E-state index in [0.717, 1.165) is 26.9 Å². The fraction of sp³-hybridized carbons (Fsp3) is 0.172. The van der Waals surface area contributed by atoms with Crippen LogP contribution in [-0.2, 0) is 23.0 Å². The molecule has 0 aliphatic carbocycles. The number of hydrogen-bond acceptors (Lipinski definition) is 6. The molecule has 3 heterocycles. The Morgan fingerprint density at radius 1 is 1.03 bits per heavy atom. The molecule has 7 nitrogen and oxygen atoms in total. The molecular weight excluding hydrogens is 518 g/mol. The minimum Gasteiger partial charge on any atom is -0.467 e. The molecule has 5 aromatic rings. The molecule has 0 unspecified atom stereocenters. The van der Waals surface area contributed by atoms with Crippen molar-refractivity contribution in [1.29, 1.82) is 0 Å². The summed E-state index contributed by atoms with van der Waals surface area (Å²) in [5.41, 5.74) is 5.17. The molecule has 1 aliphatic heterocycles. The first-order chi connectivity index (χ1) is 18.3. The van der Waals surface area contributed by atoms with Gasteiger partial charge in [0, 0.05) is 12.1 Å². The Hall–Kier alpha value is -3.95. The molecule has 0 N–H and O–H groups in total. The molecule has 0 radical (unpaired) electrons. The van der Waals surface area contributed by atoms with E-state index in [9.17, 15) is 13.2 Å². The highest BCUT2D eigenvalue weighted by atomic mass is 32.2. The number of fused-ring (bicyclic) bond motifs is 2. The number of amides is 1. The number of sulfonamides is 1. The van der Waals surface area contributed by atoms with Gasteiger partial charge in [-0.05, 0) is 85.5 Å². The predicted molar refractivity (Wildman–Crippen MR) is 149 cm³/mol. The molecule has 1 aliphatic rings. The van der Waals surface area contributed by atoms with Gasteiger partial charge in [-0.3, -0.25) is 14.0 Å². The molecule has 0 atom stereocenters. The van der Waals surface area contributed by atoms with Crippen molar-refractivity contribution < 1.29 is 17.6 Å².